The number of ether oxygens (including phenoxy) is 1. The first-order valence-electron chi connectivity index (χ1n) is 7.06. The van der Waals surface area contributed by atoms with Gasteiger partial charge in [-0.15, -0.1) is 5.10 Å². The maximum absolute atomic E-state index is 11.8. The Morgan fingerprint density at radius 2 is 2.35 bits per heavy atom. The van der Waals surface area contributed by atoms with Gasteiger partial charge in [-0.2, -0.15) is 0 Å². The zero-order valence-electron chi connectivity index (χ0n) is 11.9. The van der Waals surface area contributed by atoms with Crippen LogP contribution in [0.2, 0.25) is 0 Å². The molecule has 1 aliphatic rings. The molecule has 1 atom stereocenters. The fraction of sp³-hybridized carbons (Fsp3) is 0.833. The summed E-state index contributed by atoms with van der Waals surface area (Å²) in [5.74, 6) is 0.598. The van der Waals surface area contributed by atoms with Gasteiger partial charge in [-0.25, -0.2) is 4.68 Å². The summed E-state index contributed by atoms with van der Waals surface area (Å²) in [4.78, 5) is 11.8. The van der Waals surface area contributed by atoms with Crippen molar-refractivity contribution in [3.8, 4) is 0 Å². The van der Waals surface area contributed by atoms with Gasteiger partial charge in [0.2, 0.25) is 5.16 Å². The monoisotopic (exact) mass is 299 g/mol. The largest absolute Gasteiger partial charge is 0.465 e. The predicted molar refractivity (Wildman–Crippen MR) is 75.5 cm³/mol. The Morgan fingerprint density at radius 3 is 3.00 bits per heavy atom. The molecule has 112 valence electrons. The van der Waals surface area contributed by atoms with Gasteiger partial charge in [-0.05, 0) is 43.2 Å². The lowest BCUT2D eigenvalue weighted by Crippen LogP contribution is -2.38. The molecule has 0 bridgehead atoms. The van der Waals surface area contributed by atoms with Crippen molar-refractivity contribution in [1.82, 2.24) is 25.5 Å². The van der Waals surface area contributed by atoms with Gasteiger partial charge in [0.1, 0.15) is 6.04 Å². The molecule has 1 N–H and O–H groups in total. The molecule has 0 amide bonds. The summed E-state index contributed by atoms with van der Waals surface area (Å²) in [6.45, 7) is 4.95. The SMILES string of the molecule is CCNC(CCSc1nnnn1C1CC1)C(=O)OCC. The van der Waals surface area contributed by atoms with Crippen LogP contribution in [-0.4, -0.2) is 51.1 Å². The van der Waals surface area contributed by atoms with Crippen molar-refractivity contribution >= 4 is 17.7 Å². The molecule has 1 aliphatic carbocycles. The van der Waals surface area contributed by atoms with Crippen LogP contribution in [0.25, 0.3) is 0 Å². The molecule has 0 aromatic carbocycles. The van der Waals surface area contributed by atoms with E-state index in [4.69, 9.17) is 4.74 Å². The molecule has 1 aromatic heterocycles. The number of carbonyl (C=O) groups is 1. The Labute approximate surface area is 122 Å². The Morgan fingerprint density at radius 1 is 1.55 bits per heavy atom. The van der Waals surface area contributed by atoms with Crippen LogP contribution in [0, 0.1) is 0 Å². The fourth-order valence-electron chi connectivity index (χ4n) is 1.89. The average Bonchev–Trinajstić information content (AvgIpc) is 3.18. The highest BCUT2D eigenvalue weighted by molar-refractivity contribution is 7.99. The van der Waals surface area contributed by atoms with Crippen LogP contribution in [0.5, 0.6) is 0 Å². The van der Waals surface area contributed by atoms with Gasteiger partial charge in [0.25, 0.3) is 0 Å². The molecule has 2 rings (SSSR count). The molecule has 0 saturated heterocycles. The molecule has 1 fully saturated rings. The second-order valence-electron chi connectivity index (χ2n) is 4.64. The number of rotatable bonds is 9. The van der Waals surface area contributed by atoms with Gasteiger partial charge in [-0.3, -0.25) is 4.79 Å². The quantitative estimate of drug-likeness (QED) is 0.538. The van der Waals surface area contributed by atoms with E-state index in [0.29, 0.717) is 19.1 Å². The van der Waals surface area contributed by atoms with Crippen molar-refractivity contribution < 1.29 is 9.53 Å². The standard InChI is InChI=1S/C12H21N5O2S/c1-3-13-10(11(18)19-4-2)7-8-20-12-14-15-16-17(12)9-5-6-9/h9-10,13H,3-8H2,1-2H3. The van der Waals surface area contributed by atoms with E-state index < -0.39 is 0 Å². The van der Waals surface area contributed by atoms with E-state index in [1.165, 1.54) is 0 Å². The normalized spacial score (nSPS) is 16.1. The zero-order chi connectivity index (χ0) is 14.4. The summed E-state index contributed by atoms with van der Waals surface area (Å²) in [5, 5.41) is 15.7. The number of thioether (sulfide) groups is 1. The Bertz CT molecular complexity index is 435. The molecule has 0 radical (unpaired) electrons. The highest BCUT2D eigenvalue weighted by Crippen LogP contribution is 2.36. The highest BCUT2D eigenvalue weighted by atomic mass is 32.2. The zero-order valence-corrected chi connectivity index (χ0v) is 12.7. The summed E-state index contributed by atoms with van der Waals surface area (Å²) in [5.41, 5.74) is 0. The summed E-state index contributed by atoms with van der Waals surface area (Å²) in [6, 6.07) is 0.222. The molecule has 1 saturated carbocycles. The second kappa shape index (κ2) is 7.58. The van der Waals surface area contributed by atoms with Gasteiger partial charge in [0.05, 0.1) is 12.6 Å². The molecular formula is C12H21N5O2S. The minimum absolute atomic E-state index is 0.184. The summed E-state index contributed by atoms with van der Waals surface area (Å²) in [6.07, 6.45) is 3.01. The summed E-state index contributed by atoms with van der Waals surface area (Å²) >= 11 is 1.59. The first kappa shape index (κ1) is 15.2. The minimum Gasteiger partial charge on any atom is -0.465 e. The summed E-state index contributed by atoms with van der Waals surface area (Å²) < 4.78 is 6.95. The van der Waals surface area contributed by atoms with Crippen LogP contribution in [0.3, 0.4) is 0 Å². The molecular weight excluding hydrogens is 278 g/mol. The molecule has 1 unspecified atom stereocenters. The second-order valence-corrected chi connectivity index (χ2v) is 5.70. The highest BCUT2D eigenvalue weighted by Gasteiger charge is 2.28. The Kier molecular flexibility index (Phi) is 5.78. The number of nitrogens with one attached hydrogen (secondary N) is 1. The van der Waals surface area contributed by atoms with E-state index in [-0.39, 0.29) is 12.0 Å². The molecule has 1 aromatic rings. The van der Waals surface area contributed by atoms with E-state index in [1.807, 2.05) is 18.5 Å². The lowest BCUT2D eigenvalue weighted by atomic mass is 10.2. The minimum atomic E-state index is -0.252. The number of tetrazole rings is 1. The lowest BCUT2D eigenvalue weighted by molar-refractivity contribution is -0.145. The maximum atomic E-state index is 11.8. The molecule has 0 spiro atoms. The van der Waals surface area contributed by atoms with Crippen LogP contribution in [0.4, 0.5) is 0 Å². The van der Waals surface area contributed by atoms with E-state index in [9.17, 15) is 4.79 Å². The van der Waals surface area contributed by atoms with Crippen molar-refractivity contribution in [1.29, 1.82) is 0 Å². The third-order valence-electron chi connectivity index (χ3n) is 3.01. The van der Waals surface area contributed by atoms with Crippen LogP contribution < -0.4 is 5.32 Å². The lowest BCUT2D eigenvalue weighted by Gasteiger charge is -2.15. The Balaban J connectivity index is 1.80. The molecule has 0 aliphatic heterocycles. The van der Waals surface area contributed by atoms with Crippen LogP contribution in [-0.2, 0) is 9.53 Å². The number of hydrogen-bond acceptors (Lipinski definition) is 7. The van der Waals surface area contributed by atoms with Gasteiger partial charge >= 0.3 is 5.97 Å². The van der Waals surface area contributed by atoms with Gasteiger partial charge in [0.15, 0.2) is 0 Å². The molecule has 8 heteroatoms. The third kappa shape index (κ3) is 4.17. The van der Waals surface area contributed by atoms with Crippen molar-refractivity contribution in [2.75, 3.05) is 18.9 Å². The molecule has 7 nitrogen and oxygen atoms in total. The van der Waals surface area contributed by atoms with E-state index >= 15 is 0 Å². The topological polar surface area (TPSA) is 81.9 Å². The molecule has 20 heavy (non-hydrogen) atoms. The third-order valence-corrected chi connectivity index (χ3v) is 3.98. The van der Waals surface area contributed by atoms with Crippen LogP contribution in [0.15, 0.2) is 5.16 Å². The van der Waals surface area contributed by atoms with Crippen molar-refractivity contribution in [3.63, 3.8) is 0 Å². The Hall–Kier alpha value is -1.15. The number of hydrogen-bond donors (Lipinski definition) is 1. The van der Waals surface area contributed by atoms with Crippen molar-refractivity contribution in [2.45, 2.75) is 50.4 Å². The number of carbonyl (C=O) groups excluding carboxylic acids is 1. The molecule has 1 heterocycles. The smallest absolute Gasteiger partial charge is 0.323 e. The first-order chi connectivity index (χ1) is 9.76. The van der Waals surface area contributed by atoms with Gasteiger partial charge in [0, 0.05) is 5.75 Å². The maximum Gasteiger partial charge on any atom is 0.323 e. The average molecular weight is 299 g/mol. The van der Waals surface area contributed by atoms with Crippen molar-refractivity contribution in [3.05, 3.63) is 0 Å². The van der Waals surface area contributed by atoms with Gasteiger partial charge < -0.3 is 10.1 Å². The fourth-order valence-corrected chi connectivity index (χ4v) is 2.84. The number of nitrogens with zero attached hydrogens (tertiary/aromatic N) is 4. The van der Waals surface area contributed by atoms with Gasteiger partial charge in [-0.1, -0.05) is 18.7 Å². The first-order valence-corrected chi connectivity index (χ1v) is 8.05. The number of likely N-dealkylation sites (N-methyl/N-ethyl adjacent to an activating group) is 1. The van der Waals surface area contributed by atoms with Crippen LogP contribution in [0.1, 0.15) is 39.2 Å². The van der Waals surface area contributed by atoms with Crippen LogP contribution >= 0.6 is 11.8 Å². The predicted octanol–water partition coefficient (Wildman–Crippen LogP) is 1.03. The number of esters is 1. The summed E-state index contributed by atoms with van der Waals surface area (Å²) in [7, 11) is 0. The van der Waals surface area contributed by atoms with E-state index in [1.54, 1.807) is 11.8 Å². The van der Waals surface area contributed by atoms with E-state index in [0.717, 1.165) is 30.3 Å². The van der Waals surface area contributed by atoms with E-state index in [2.05, 4.69) is 20.8 Å². The van der Waals surface area contributed by atoms with Crippen molar-refractivity contribution in [2.24, 2.45) is 0 Å². The number of aromatic nitrogens is 4.